The molecule has 1 aliphatic heterocycles. The standard InChI is InChI=1S/C21H23FN2O2/c1-23(21(25)11-6-17-2-7-19(22)8-3-17)16-18-4-9-20(10-5-18)24-12-14-26-15-13-24/h2-11H,12-16H2,1H3/b11-6+. The molecule has 26 heavy (non-hydrogen) atoms. The number of morpholine rings is 1. The summed E-state index contributed by atoms with van der Waals surface area (Å²) in [5.74, 6) is -0.377. The largest absolute Gasteiger partial charge is 0.378 e. The minimum Gasteiger partial charge on any atom is -0.378 e. The molecule has 1 amide bonds. The molecule has 5 heteroatoms. The van der Waals surface area contributed by atoms with E-state index in [0.29, 0.717) is 6.54 Å². The number of benzene rings is 2. The molecule has 0 aliphatic carbocycles. The Bertz CT molecular complexity index is 751. The number of halogens is 1. The van der Waals surface area contributed by atoms with E-state index in [1.165, 1.54) is 23.9 Å². The number of hydrogen-bond acceptors (Lipinski definition) is 3. The van der Waals surface area contributed by atoms with E-state index in [9.17, 15) is 9.18 Å². The van der Waals surface area contributed by atoms with E-state index in [2.05, 4.69) is 29.2 Å². The van der Waals surface area contributed by atoms with Gasteiger partial charge in [-0.1, -0.05) is 24.3 Å². The van der Waals surface area contributed by atoms with Crippen LogP contribution in [0.4, 0.5) is 10.1 Å². The molecule has 0 atom stereocenters. The van der Waals surface area contributed by atoms with Crippen LogP contribution in [0.25, 0.3) is 6.08 Å². The van der Waals surface area contributed by atoms with Crippen molar-refractivity contribution in [3.05, 3.63) is 71.6 Å². The maximum Gasteiger partial charge on any atom is 0.246 e. The second-order valence-electron chi connectivity index (χ2n) is 6.35. The predicted molar refractivity (Wildman–Crippen MR) is 101 cm³/mol. The van der Waals surface area contributed by atoms with Crippen LogP contribution in [0.3, 0.4) is 0 Å². The number of amides is 1. The predicted octanol–water partition coefficient (Wildman–Crippen LogP) is 3.33. The van der Waals surface area contributed by atoms with Gasteiger partial charge in [-0.3, -0.25) is 4.79 Å². The van der Waals surface area contributed by atoms with Gasteiger partial charge in [-0.25, -0.2) is 4.39 Å². The fourth-order valence-corrected chi connectivity index (χ4v) is 2.85. The molecule has 1 heterocycles. The fourth-order valence-electron chi connectivity index (χ4n) is 2.85. The molecule has 1 saturated heterocycles. The number of rotatable bonds is 5. The zero-order chi connectivity index (χ0) is 18.4. The van der Waals surface area contributed by atoms with Crippen molar-refractivity contribution < 1.29 is 13.9 Å². The van der Waals surface area contributed by atoms with Gasteiger partial charge < -0.3 is 14.5 Å². The number of nitrogens with zero attached hydrogens (tertiary/aromatic N) is 2. The van der Waals surface area contributed by atoms with Gasteiger partial charge >= 0.3 is 0 Å². The Morgan fingerprint density at radius 2 is 1.77 bits per heavy atom. The summed E-state index contributed by atoms with van der Waals surface area (Å²) in [6.45, 7) is 3.88. The number of carbonyl (C=O) groups is 1. The van der Waals surface area contributed by atoms with E-state index < -0.39 is 0 Å². The maximum absolute atomic E-state index is 12.9. The Hall–Kier alpha value is -2.66. The Balaban J connectivity index is 1.55. The zero-order valence-corrected chi connectivity index (χ0v) is 14.9. The molecule has 0 N–H and O–H groups in total. The smallest absolute Gasteiger partial charge is 0.246 e. The van der Waals surface area contributed by atoms with Gasteiger partial charge in [0.2, 0.25) is 5.91 Å². The Kier molecular flexibility index (Phi) is 6.02. The van der Waals surface area contributed by atoms with Crippen molar-refractivity contribution in [2.24, 2.45) is 0 Å². The molecule has 0 unspecified atom stereocenters. The Morgan fingerprint density at radius 1 is 1.12 bits per heavy atom. The zero-order valence-electron chi connectivity index (χ0n) is 14.9. The van der Waals surface area contributed by atoms with Crippen LogP contribution in [0, 0.1) is 5.82 Å². The minimum absolute atomic E-state index is 0.0911. The highest BCUT2D eigenvalue weighted by molar-refractivity contribution is 5.91. The SMILES string of the molecule is CN(Cc1ccc(N2CCOCC2)cc1)C(=O)/C=C/c1ccc(F)cc1. The molecule has 0 bridgehead atoms. The molecular formula is C21H23FN2O2. The van der Waals surface area contributed by atoms with Crippen molar-refractivity contribution >= 4 is 17.7 Å². The van der Waals surface area contributed by atoms with Gasteiger partial charge in [0.25, 0.3) is 0 Å². The van der Waals surface area contributed by atoms with Crippen LogP contribution in [0.2, 0.25) is 0 Å². The third kappa shape index (κ3) is 4.92. The summed E-state index contributed by atoms with van der Waals surface area (Å²) in [5.41, 5.74) is 3.05. The van der Waals surface area contributed by atoms with Crippen LogP contribution >= 0.6 is 0 Å². The molecule has 0 spiro atoms. The highest BCUT2D eigenvalue weighted by atomic mass is 19.1. The van der Waals surface area contributed by atoms with Crippen LogP contribution in [0.15, 0.2) is 54.6 Å². The number of hydrogen-bond donors (Lipinski definition) is 0. The second-order valence-corrected chi connectivity index (χ2v) is 6.35. The van der Waals surface area contributed by atoms with E-state index in [1.807, 2.05) is 0 Å². The van der Waals surface area contributed by atoms with Crippen LogP contribution in [0.5, 0.6) is 0 Å². The summed E-state index contributed by atoms with van der Waals surface area (Å²) in [6.07, 6.45) is 3.20. The van der Waals surface area contributed by atoms with Crippen LogP contribution in [-0.2, 0) is 16.1 Å². The molecule has 1 aliphatic rings. The van der Waals surface area contributed by atoms with Crippen LogP contribution < -0.4 is 4.90 Å². The highest BCUT2D eigenvalue weighted by Gasteiger charge is 2.11. The van der Waals surface area contributed by atoms with Crippen molar-refractivity contribution in [1.82, 2.24) is 4.90 Å². The van der Waals surface area contributed by atoms with Gasteiger partial charge in [0, 0.05) is 38.4 Å². The number of carbonyl (C=O) groups excluding carboxylic acids is 1. The molecule has 4 nitrogen and oxygen atoms in total. The highest BCUT2D eigenvalue weighted by Crippen LogP contribution is 2.17. The van der Waals surface area contributed by atoms with E-state index >= 15 is 0 Å². The maximum atomic E-state index is 12.9. The summed E-state index contributed by atoms with van der Waals surface area (Å²) in [7, 11) is 1.77. The molecule has 0 radical (unpaired) electrons. The molecule has 0 saturated carbocycles. The van der Waals surface area contributed by atoms with E-state index in [-0.39, 0.29) is 11.7 Å². The van der Waals surface area contributed by atoms with E-state index in [4.69, 9.17) is 4.74 Å². The number of likely N-dealkylation sites (N-methyl/N-ethyl adjacent to an activating group) is 1. The first-order chi connectivity index (χ1) is 12.6. The average Bonchev–Trinajstić information content (AvgIpc) is 2.68. The summed E-state index contributed by atoms with van der Waals surface area (Å²) in [4.78, 5) is 16.2. The summed E-state index contributed by atoms with van der Waals surface area (Å²) < 4.78 is 18.3. The van der Waals surface area contributed by atoms with Crippen LogP contribution in [-0.4, -0.2) is 44.2 Å². The molecule has 3 rings (SSSR count). The summed E-state index contributed by atoms with van der Waals surface area (Å²) in [5, 5.41) is 0. The number of anilines is 1. The Morgan fingerprint density at radius 3 is 2.42 bits per heavy atom. The first-order valence-corrected chi connectivity index (χ1v) is 8.72. The molecule has 2 aromatic rings. The average molecular weight is 354 g/mol. The van der Waals surface area contributed by atoms with E-state index in [1.54, 1.807) is 30.2 Å². The normalized spacial score (nSPS) is 14.6. The summed E-state index contributed by atoms with van der Waals surface area (Å²) >= 11 is 0. The van der Waals surface area contributed by atoms with Crippen molar-refractivity contribution in [3.8, 4) is 0 Å². The van der Waals surface area contributed by atoms with Gasteiger partial charge in [0.05, 0.1) is 13.2 Å². The van der Waals surface area contributed by atoms with Gasteiger partial charge in [0.15, 0.2) is 0 Å². The van der Waals surface area contributed by atoms with Gasteiger partial charge in [0.1, 0.15) is 5.82 Å². The van der Waals surface area contributed by atoms with Crippen molar-refractivity contribution in [2.75, 3.05) is 38.3 Å². The first kappa shape index (κ1) is 18.1. The topological polar surface area (TPSA) is 32.8 Å². The van der Waals surface area contributed by atoms with Crippen molar-refractivity contribution in [3.63, 3.8) is 0 Å². The fraction of sp³-hybridized carbons (Fsp3) is 0.286. The number of ether oxygens (including phenoxy) is 1. The molecule has 0 aromatic heterocycles. The van der Waals surface area contributed by atoms with Crippen molar-refractivity contribution in [2.45, 2.75) is 6.54 Å². The van der Waals surface area contributed by atoms with Gasteiger partial charge in [-0.05, 0) is 41.5 Å². The monoisotopic (exact) mass is 354 g/mol. The second kappa shape index (κ2) is 8.63. The molecule has 136 valence electrons. The van der Waals surface area contributed by atoms with Crippen LogP contribution in [0.1, 0.15) is 11.1 Å². The third-order valence-electron chi connectivity index (χ3n) is 4.40. The first-order valence-electron chi connectivity index (χ1n) is 8.72. The third-order valence-corrected chi connectivity index (χ3v) is 4.40. The quantitative estimate of drug-likeness (QED) is 0.772. The van der Waals surface area contributed by atoms with Gasteiger partial charge in [-0.2, -0.15) is 0 Å². The molecular weight excluding hydrogens is 331 g/mol. The van der Waals surface area contributed by atoms with Crippen molar-refractivity contribution in [1.29, 1.82) is 0 Å². The lowest BCUT2D eigenvalue weighted by molar-refractivity contribution is -0.125. The molecule has 1 fully saturated rings. The Labute approximate surface area is 153 Å². The lowest BCUT2D eigenvalue weighted by Gasteiger charge is -2.29. The lowest BCUT2D eigenvalue weighted by atomic mass is 10.1. The van der Waals surface area contributed by atoms with E-state index in [0.717, 1.165) is 37.4 Å². The van der Waals surface area contributed by atoms with Gasteiger partial charge in [-0.15, -0.1) is 0 Å². The minimum atomic E-state index is -0.286. The molecule has 2 aromatic carbocycles. The lowest BCUT2D eigenvalue weighted by Crippen LogP contribution is -2.36. The summed E-state index contributed by atoms with van der Waals surface area (Å²) in [6, 6.07) is 14.3.